The van der Waals surface area contributed by atoms with Crippen molar-refractivity contribution in [3.05, 3.63) is 39.3 Å². The van der Waals surface area contributed by atoms with E-state index < -0.39 is 0 Å². The topological polar surface area (TPSA) is 48.8 Å². The van der Waals surface area contributed by atoms with Crippen LogP contribution < -0.4 is 0 Å². The first kappa shape index (κ1) is 8.62. The summed E-state index contributed by atoms with van der Waals surface area (Å²) < 4.78 is 0. The molecule has 0 saturated carbocycles. The molecule has 0 aliphatic heterocycles. The van der Waals surface area contributed by atoms with Crippen LogP contribution in [0.25, 0.3) is 10.4 Å². The van der Waals surface area contributed by atoms with E-state index in [1.807, 2.05) is 26.8 Å². The van der Waals surface area contributed by atoms with E-state index in [0.717, 1.165) is 22.4 Å². The molecule has 0 radical (unpaired) electrons. The Kier molecular flexibility index (Phi) is 2.36. The van der Waals surface area contributed by atoms with Crippen molar-refractivity contribution in [2.75, 3.05) is 0 Å². The molecule has 3 heteroatoms. The number of benzene rings is 1. The van der Waals surface area contributed by atoms with Crippen LogP contribution in [0.3, 0.4) is 0 Å². The lowest BCUT2D eigenvalue weighted by Gasteiger charge is -2.04. The predicted octanol–water partition coefficient (Wildman–Crippen LogP) is 3.55. The van der Waals surface area contributed by atoms with Crippen molar-refractivity contribution in [1.29, 1.82) is 0 Å². The second-order valence-electron chi connectivity index (χ2n) is 2.92. The third-order valence-corrected chi connectivity index (χ3v) is 1.94. The van der Waals surface area contributed by atoms with Gasteiger partial charge in [-0.2, -0.15) is 0 Å². The van der Waals surface area contributed by atoms with Gasteiger partial charge in [-0.25, -0.2) is 0 Å². The molecule has 0 aliphatic carbocycles. The molecule has 0 spiro atoms. The van der Waals surface area contributed by atoms with E-state index in [9.17, 15) is 0 Å². The highest BCUT2D eigenvalue weighted by Crippen LogP contribution is 2.23. The summed E-state index contributed by atoms with van der Waals surface area (Å²) in [4.78, 5) is 2.77. The van der Waals surface area contributed by atoms with Crippen molar-refractivity contribution in [3.8, 4) is 0 Å². The van der Waals surface area contributed by atoms with Crippen LogP contribution >= 0.6 is 0 Å². The molecule has 0 amide bonds. The van der Waals surface area contributed by atoms with Crippen LogP contribution in [0, 0.1) is 20.8 Å². The Bertz CT molecular complexity index is 349. The van der Waals surface area contributed by atoms with Gasteiger partial charge in [-0.05, 0) is 43.5 Å². The van der Waals surface area contributed by atoms with Gasteiger partial charge >= 0.3 is 0 Å². The fourth-order valence-electron chi connectivity index (χ4n) is 1.17. The van der Waals surface area contributed by atoms with Gasteiger partial charge < -0.3 is 0 Å². The summed E-state index contributed by atoms with van der Waals surface area (Å²) in [6, 6.07) is 3.97. The largest absolute Gasteiger partial charge is 0.0605 e. The van der Waals surface area contributed by atoms with E-state index in [-0.39, 0.29) is 0 Å². The number of hydrogen-bond acceptors (Lipinski definition) is 1. The van der Waals surface area contributed by atoms with Crippen molar-refractivity contribution in [1.82, 2.24) is 0 Å². The lowest BCUT2D eigenvalue weighted by molar-refractivity contribution is 1.27. The van der Waals surface area contributed by atoms with Crippen molar-refractivity contribution >= 4 is 5.69 Å². The van der Waals surface area contributed by atoms with E-state index in [0.29, 0.717) is 0 Å². The molecule has 0 aromatic heterocycles. The van der Waals surface area contributed by atoms with Crippen LogP contribution in [-0.2, 0) is 0 Å². The van der Waals surface area contributed by atoms with Crippen LogP contribution in [0.5, 0.6) is 0 Å². The molecule has 0 N–H and O–H groups in total. The number of nitrogens with zero attached hydrogens (tertiary/aromatic N) is 3. The van der Waals surface area contributed by atoms with Gasteiger partial charge in [-0.1, -0.05) is 16.7 Å². The molecule has 1 aromatic rings. The lowest BCUT2D eigenvalue weighted by Crippen LogP contribution is -1.82. The number of hydrogen-bond donors (Lipinski definition) is 0. The molecule has 0 heterocycles. The van der Waals surface area contributed by atoms with E-state index >= 15 is 0 Å². The minimum Gasteiger partial charge on any atom is -0.0605 e. The highest BCUT2D eigenvalue weighted by molar-refractivity contribution is 5.51. The third kappa shape index (κ3) is 1.57. The fraction of sp³-hybridized carbons (Fsp3) is 0.333. The molecular formula is C9H11N3. The van der Waals surface area contributed by atoms with Crippen molar-refractivity contribution in [2.24, 2.45) is 5.11 Å². The molecule has 0 bridgehead atoms. The van der Waals surface area contributed by atoms with Gasteiger partial charge in [-0.15, -0.1) is 0 Å². The second kappa shape index (κ2) is 3.28. The fourth-order valence-corrected chi connectivity index (χ4v) is 1.17. The highest BCUT2D eigenvalue weighted by atomic mass is 15.1. The SMILES string of the molecule is Cc1cc(C)c(C)c(N=[N+]=[N-])c1. The average Bonchev–Trinajstić information content (AvgIpc) is 2.00. The molecule has 12 heavy (non-hydrogen) atoms. The number of azide groups is 1. The minimum atomic E-state index is 0.731. The Balaban J connectivity index is 3.36. The lowest BCUT2D eigenvalue weighted by atomic mass is 10.1. The average molecular weight is 161 g/mol. The summed E-state index contributed by atoms with van der Waals surface area (Å²) in [6.07, 6.45) is 0. The Hall–Kier alpha value is -1.47. The van der Waals surface area contributed by atoms with E-state index in [2.05, 4.69) is 16.1 Å². The van der Waals surface area contributed by atoms with Crippen LogP contribution in [0.15, 0.2) is 17.2 Å². The molecule has 0 atom stereocenters. The van der Waals surface area contributed by atoms with Gasteiger partial charge in [0.05, 0.1) is 0 Å². The number of aryl methyl sites for hydroxylation is 2. The molecule has 62 valence electrons. The van der Waals surface area contributed by atoms with Gasteiger partial charge in [-0.3, -0.25) is 0 Å². The summed E-state index contributed by atoms with van der Waals surface area (Å²) in [5.41, 5.74) is 12.4. The number of rotatable bonds is 1. The summed E-state index contributed by atoms with van der Waals surface area (Å²) in [7, 11) is 0. The Morgan fingerprint density at radius 3 is 2.50 bits per heavy atom. The summed E-state index contributed by atoms with van der Waals surface area (Å²) in [5, 5.41) is 3.61. The Morgan fingerprint density at radius 2 is 1.92 bits per heavy atom. The third-order valence-electron chi connectivity index (χ3n) is 1.94. The Labute approximate surface area is 71.7 Å². The Morgan fingerprint density at radius 1 is 1.25 bits per heavy atom. The zero-order chi connectivity index (χ0) is 9.14. The smallest absolute Gasteiger partial charge is 0.0409 e. The van der Waals surface area contributed by atoms with Crippen molar-refractivity contribution < 1.29 is 0 Å². The van der Waals surface area contributed by atoms with Crippen molar-refractivity contribution in [2.45, 2.75) is 20.8 Å². The van der Waals surface area contributed by atoms with Gasteiger partial charge in [0.15, 0.2) is 0 Å². The quantitative estimate of drug-likeness (QED) is 0.343. The first-order valence-corrected chi connectivity index (χ1v) is 3.78. The van der Waals surface area contributed by atoms with Gasteiger partial charge in [0, 0.05) is 10.6 Å². The minimum absolute atomic E-state index is 0.731. The van der Waals surface area contributed by atoms with Crippen LogP contribution in [0.4, 0.5) is 5.69 Å². The van der Waals surface area contributed by atoms with Gasteiger partial charge in [0.1, 0.15) is 0 Å². The molecular weight excluding hydrogens is 150 g/mol. The van der Waals surface area contributed by atoms with Crippen LogP contribution in [-0.4, -0.2) is 0 Å². The monoisotopic (exact) mass is 161 g/mol. The first-order valence-electron chi connectivity index (χ1n) is 3.78. The zero-order valence-corrected chi connectivity index (χ0v) is 7.50. The molecule has 3 nitrogen and oxygen atoms in total. The maximum Gasteiger partial charge on any atom is 0.0409 e. The molecule has 0 unspecified atom stereocenters. The summed E-state index contributed by atoms with van der Waals surface area (Å²) >= 11 is 0. The van der Waals surface area contributed by atoms with Gasteiger partial charge in [0.25, 0.3) is 0 Å². The maximum absolute atomic E-state index is 8.28. The molecule has 1 aromatic carbocycles. The molecule has 0 fully saturated rings. The predicted molar refractivity (Wildman–Crippen MR) is 49.5 cm³/mol. The molecule has 0 saturated heterocycles. The molecule has 1 rings (SSSR count). The van der Waals surface area contributed by atoms with Crippen LogP contribution in [0.1, 0.15) is 16.7 Å². The standard InChI is InChI=1S/C9H11N3/c1-6-4-7(2)8(3)9(5-6)11-12-10/h4-5H,1-3H3. The van der Waals surface area contributed by atoms with Crippen LogP contribution in [0.2, 0.25) is 0 Å². The van der Waals surface area contributed by atoms with E-state index in [1.54, 1.807) is 0 Å². The summed E-state index contributed by atoms with van der Waals surface area (Å²) in [6.45, 7) is 5.96. The second-order valence-corrected chi connectivity index (χ2v) is 2.92. The summed E-state index contributed by atoms with van der Waals surface area (Å²) in [5.74, 6) is 0. The van der Waals surface area contributed by atoms with E-state index in [1.165, 1.54) is 0 Å². The highest BCUT2D eigenvalue weighted by Gasteiger charge is 1.99. The van der Waals surface area contributed by atoms with Gasteiger partial charge in [0.2, 0.25) is 0 Å². The normalized spacial score (nSPS) is 9.25. The van der Waals surface area contributed by atoms with Crippen molar-refractivity contribution in [3.63, 3.8) is 0 Å². The first-order chi connectivity index (χ1) is 5.65. The maximum atomic E-state index is 8.28. The van der Waals surface area contributed by atoms with E-state index in [4.69, 9.17) is 5.53 Å². The molecule has 0 aliphatic rings. The zero-order valence-electron chi connectivity index (χ0n) is 7.50.